The van der Waals surface area contributed by atoms with Gasteiger partial charge in [0.15, 0.2) is 0 Å². The highest BCUT2D eigenvalue weighted by Crippen LogP contribution is 2.27. The van der Waals surface area contributed by atoms with Crippen LogP contribution in [-0.4, -0.2) is 39.1 Å². The number of hydrogen-bond donors (Lipinski definition) is 1. The fourth-order valence-electron chi connectivity index (χ4n) is 1.71. The van der Waals surface area contributed by atoms with E-state index >= 15 is 0 Å². The van der Waals surface area contributed by atoms with Gasteiger partial charge in [0.25, 0.3) is 0 Å². The van der Waals surface area contributed by atoms with E-state index in [0.717, 1.165) is 17.6 Å². The average Bonchev–Trinajstić information content (AvgIpc) is 2.25. The Labute approximate surface area is 113 Å². The molecule has 1 rings (SSSR count). The molecule has 1 aromatic rings. The Balaban J connectivity index is 2.88. The van der Waals surface area contributed by atoms with Gasteiger partial charge in [-0.25, -0.2) is 0 Å². The van der Waals surface area contributed by atoms with E-state index in [4.69, 9.17) is 5.73 Å². The van der Waals surface area contributed by atoms with Crippen molar-refractivity contribution >= 4 is 21.6 Å². The summed E-state index contributed by atoms with van der Waals surface area (Å²) >= 11 is 3.49. The van der Waals surface area contributed by atoms with Gasteiger partial charge in [-0.1, -0.05) is 15.9 Å². The van der Waals surface area contributed by atoms with Gasteiger partial charge in [0.2, 0.25) is 0 Å². The number of anilines is 1. The second kappa shape index (κ2) is 6.38. The fourth-order valence-corrected chi connectivity index (χ4v) is 2.09. The molecule has 0 aliphatic carbocycles. The first-order valence-corrected chi connectivity index (χ1v) is 6.62. The second-order valence-electron chi connectivity index (χ2n) is 4.72. The summed E-state index contributed by atoms with van der Waals surface area (Å²) in [6, 6.07) is 6.34. The lowest BCUT2D eigenvalue weighted by Gasteiger charge is -2.25. The Hall–Kier alpha value is -0.580. The number of likely N-dealkylation sites (N-methyl/N-ethyl adjacent to an activating group) is 2. The molecule has 0 saturated carbocycles. The van der Waals surface area contributed by atoms with Crippen LogP contribution in [0.1, 0.15) is 18.5 Å². The van der Waals surface area contributed by atoms with E-state index in [1.165, 1.54) is 11.3 Å². The summed E-state index contributed by atoms with van der Waals surface area (Å²) in [6.07, 6.45) is 0. The lowest BCUT2D eigenvalue weighted by molar-refractivity contribution is 0.416. The van der Waals surface area contributed by atoms with Gasteiger partial charge in [-0.05, 0) is 44.8 Å². The second-order valence-corrected chi connectivity index (χ2v) is 5.63. The molecule has 0 amide bonds. The average molecular weight is 300 g/mol. The standard InChI is InChI=1S/C13H22BrN3/c1-10(15)12-9-11(14)5-6-13(12)17(4)8-7-16(2)3/h5-6,9-10H,7-8,15H2,1-4H3. The van der Waals surface area contributed by atoms with Gasteiger partial charge in [-0.15, -0.1) is 0 Å². The van der Waals surface area contributed by atoms with Gasteiger partial charge in [0.05, 0.1) is 0 Å². The van der Waals surface area contributed by atoms with E-state index in [1.54, 1.807) is 0 Å². The van der Waals surface area contributed by atoms with Crippen LogP contribution in [0, 0.1) is 0 Å². The highest BCUT2D eigenvalue weighted by molar-refractivity contribution is 9.10. The molecule has 1 atom stereocenters. The van der Waals surface area contributed by atoms with Crippen molar-refractivity contribution in [1.82, 2.24) is 4.90 Å². The van der Waals surface area contributed by atoms with E-state index in [1.807, 2.05) is 6.92 Å². The third-order valence-corrected chi connectivity index (χ3v) is 3.27. The van der Waals surface area contributed by atoms with Gasteiger partial charge in [-0.2, -0.15) is 0 Å². The zero-order chi connectivity index (χ0) is 13.0. The summed E-state index contributed by atoms with van der Waals surface area (Å²) in [4.78, 5) is 4.44. The third-order valence-electron chi connectivity index (χ3n) is 2.77. The van der Waals surface area contributed by atoms with Gasteiger partial charge in [-0.3, -0.25) is 0 Å². The summed E-state index contributed by atoms with van der Waals surface area (Å²) < 4.78 is 1.08. The first kappa shape index (κ1) is 14.5. The Kier molecular flexibility index (Phi) is 5.43. The van der Waals surface area contributed by atoms with Gasteiger partial charge < -0.3 is 15.5 Å². The number of nitrogens with zero attached hydrogens (tertiary/aromatic N) is 2. The van der Waals surface area contributed by atoms with Crippen molar-refractivity contribution in [2.24, 2.45) is 5.73 Å². The molecule has 0 radical (unpaired) electrons. The summed E-state index contributed by atoms with van der Waals surface area (Å²) in [5, 5.41) is 0. The molecule has 4 heteroatoms. The quantitative estimate of drug-likeness (QED) is 0.906. The van der Waals surface area contributed by atoms with Crippen molar-refractivity contribution in [2.75, 3.05) is 39.1 Å². The van der Waals surface area contributed by atoms with Crippen LogP contribution in [0.4, 0.5) is 5.69 Å². The highest BCUT2D eigenvalue weighted by atomic mass is 79.9. The van der Waals surface area contributed by atoms with Crippen LogP contribution in [0.5, 0.6) is 0 Å². The van der Waals surface area contributed by atoms with E-state index in [-0.39, 0.29) is 6.04 Å². The maximum Gasteiger partial charge on any atom is 0.0413 e. The highest BCUT2D eigenvalue weighted by Gasteiger charge is 2.11. The van der Waals surface area contributed by atoms with Crippen LogP contribution >= 0.6 is 15.9 Å². The lowest BCUT2D eigenvalue weighted by Crippen LogP contribution is -2.29. The Morgan fingerprint density at radius 2 is 1.88 bits per heavy atom. The molecule has 0 saturated heterocycles. The van der Waals surface area contributed by atoms with E-state index in [2.05, 4.69) is 65.1 Å². The molecule has 17 heavy (non-hydrogen) atoms. The third kappa shape index (κ3) is 4.30. The molecule has 96 valence electrons. The molecular formula is C13H22BrN3. The molecule has 1 unspecified atom stereocenters. The van der Waals surface area contributed by atoms with Crippen LogP contribution < -0.4 is 10.6 Å². The number of halogens is 1. The summed E-state index contributed by atoms with van der Waals surface area (Å²) in [6.45, 7) is 4.05. The zero-order valence-corrected chi connectivity index (χ0v) is 12.7. The normalized spacial score (nSPS) is 12.9. The van der Waals surface area contributed by atoms with Crippen LogP contribution in [0.25, 0.3) is 0 Å². The summed E-state index contributed by atoms with van der Waals surface area (Å²) in [5.74, 6) is 0. The minimum absolute atomic E-state index is 0.0457. The van der Waals surface area contributed by atoms with Crippen LogP contribution in [0.2, 0.25) is 0 Å². The Bertz CT molecular complexity index is 364. The lowest BCUT2D eigenvalue weighted by atomic mass is 10.1. The van der Waals surface area contributed by atoms with Crippen molar-refractivity contribution in [2.45, 2.75) is 13.0 Å². The topological polar surface area (TPSA) is 32.5 Å². The predicted octanol–water partition coefficient (Wildman–Crippen LogP) is 2.47. The molecular weight excluding hydrogens is 278 g/mol. The minimum Gasteiger partial charge on any atom is -0.373 e. The van der Waals surface area contributed by atoms with Crippen LogP contribution in [0.3, 0.4) is 0 Å². The van der Waals surface area contributed by atoms with Crippen molar-refractivity contribution in [3.05, 3.63) is 28.2 Å². The zero-order valence-electron chi connectivity index (χ0n) is 11.1. The molecule has 0 fully saturated rings. The van der Waals surface area contributed by atoms with Gasteiger partial charge in [0, 0.05) is 36.3 Å². The summed E-state index contributed by atoms with van der Waals surface area (Å²) in [7, 11) is 6.28. The van der Waals surface area contributed by atoms with Crippen LogP contribution in [-0.2, 0) is 0 Å². The van der Waals surface area contributed by atoms with Gasteiger partial charge in [0.1, 0.15) is 0 Å². The molecule has 0 heterocycles. The number of rotatable bonds is 5. The first-order chi connectivity index (χ1) is 7.91. The first-order valence-electron chi connectivity index (χ1n) is 5.82. The van der Waals surface area contributed by atoms with Crippen molar-refractivity contribution in [3.8, 4) is 0 Å². The Morgan fingerprint density at radius 1 is 1.24 bits per heavy atom. The fraction of sp³-hybridized carbons (Fsp3) is 0.538. The number of benzene rings is 1. The van der Waals surface area contributed by atoms with Crippen molar-refractivity contribution < 1.29 is 0 Å². The monoisotopic (exact) mass is 299 g/mol. The smallest absolute Gasteiger partial charge is 0.0413 e. The van der Waals surface area contributed by atoms with Crippen molar-refractivity contribution in [1.29, 1.82) is 0 Å². The molecule has 0 bridgehead atoms. The minimum atomic E-state index is 0.0457. The van der Waals surface area contributed by atoms with E-state index in [0.29, 0.717) is 0 Å². The van der Waals surface area contributed by atoms with Crippen molar-refractivity contribution in [3.63, 3.8) is 0 Å². The molecule has 0 aliphatic rings. The number of hydrogen-bond acceptors (Lipinski definition) is 3. The maximum atomic E-state index is 6.02. The molecule has 1 aromatic carbocycles. The predicted molar refractivity (Wildman–Crippen MR) is 78.6 cm³/mol. The number of nitrogens with two attached hydrogens (primary N) is 1. The molecule has 2 N–H and O–H groups in total. The SMILES string of the molecule is CC(N)c1cc(Br)ccc1N(C)CCN(C)C. The van der Waals surface area contributed by atoms with Crippen LogP contribution in [0.15, 0.2) is 22.7 Å². The maximum absolute atomic E-state index is 6.02. The van der Waals surface area contributed by atoms with E-state index in [9.17, 15) is 0 Å². The Morgan fingerprint density at radius 3 is 2.41 bits per heavy atom. The largest absolute Gasteiger partial charge is 0.373 e. The molecule has 0 aliphatic heterocycles. The summed E-state index contributed by atoms with van der Waals surface area (Å²) in [5.41, 5.74) is 8.41. The van der Waals surface area contributed by atoms with E-state index < -0.39 is 0 Å². The molecule has 0 spiro atoms. The molecule has 3 nitrogen and oxygen atoms in total. The molecule has 0 aromatic heterocycles. The van der Waals surface area contributed by atoms with Gasteiger partial charge >= 0.3 is 0 Å².